The molecule has 1 aliphatic rings. The Bertz CT molecular complexity index is 1040. The van der Waals surface area contributed by atoms with Crippen LogP contribution in [0.4, 0.5) is 5.13 Å². The van der Waals surface area contributed by atoms with Gasteiger partial charge >= 0.3 is 0 Å². The van der Waals surface area contributed by atoms with Crippen LogP contribution in [-0.2, 0) is 11.2 Å². The molecule has 2 atom stereocenters. The standard InChI is InChI=1S/C20H15BrN4OS/c1-20(18(26)24-19-25-23-11-27-19)9-14-3-2-12(10-22)8-16(14)17(20)13-4-6-15(21)7-5-13/h2-8,11,17H,9H2,1H3,(H,24,25,26)/t17-,20+/m1/s1. The van der Waals surface area contributed by atoms with Crippen LogP contribution in [0.1, 0.15) is 35.1 Å². The van der Waals surface area contributed by atoms with E-state index < -0.39 is 5.41 Å². The molecule has 1 aliphatic carbocycles. The number of hydrogen-bond donors (Lipinski definition) is 1. The highest BCUT2D eigenvalue weighted by Gasteiger charge is 2.49. The Morgan fingerprint density at radius 3 is 2.78 bits per heavy atom. The lowest BCUT2D eigenvalue weighted by Crippen LogP contribution is -2.37. The maximum atomic E-state index is 13.3. The van der Waals surface area contributed by atoms with Crippen molar-refractivity contribution in [2.24, 2.45) is 5.41 Å². The molecule has 2 aromatic carbocycles. The number of carbonyl (C=O) groups is 1. The number of nitrogens with one attached hydrogen (secondary N) is 1. The normalized spacial score (nSPS) is 20.7. The maximum absolute atomic E-state index is 13.3. The van der Waals surface area contributed by atoms with Crippen molar-refractivity contribution in [3.05, 3.63) is 74.7 Å². The van der Waals surface area contributed by atoms with Gasteiger partial charge in [0.25, 0.3) is 0 Å². The Morgan fingerprint density at radius 2 is 2.11 bits per heavy atom. The molecule has 0 spiro atoms. The third-order valence-corrected chi connectivity index (χ3v) is 6.22. The highest BCUT2D eigenvalue weighted by Crippen LogP contribution is 2.51. The van der Waals surface area contributed by atoms with Gasteiger partial charge in [0.05, 0.1) is 17.0 Å². The zero-order valence-electron chi connectivity index (χ0n) is 14.4. The largest absolute Gasteiger partial charge is 0.300 e. The number of halogens is 1. The molecule has 7 heteroatoms. The number of amides is 1. The highest BCUT2D eigenvalue weighted by atomic mass is 79.9. The second-order valence-corrected chi connectivity index (χ2v) is 8.55. The van der Waals surface area contributed by atoms with Crippen molar-refractivity contribution in [1.29, 1.82) is 5.26 Å². The Labute approximate surface area is 169 Å². The van der Waals surface area contributed by atoms with Crippen LogP contribution in [0.2, 0.25) is 0 Å². The van der Waals surface area contributed by atoms with Crippen molar-refractivity contribution < 1.29 is 4.79 Å². The van der Waals surface area contributed by atoms with E-state index in [1.165, 1.54) is 11.3 Å². The summed E-state index contributed by atoms with van der Waals surface area (Å²) in [6.45, 7) is 1.97. The van der Waals surface area contributed by atoms with Gasteiger partial charge in [-0.15, -0.1) is 10.2 Å². The summed E-state index contributed by atoms with van der Waals surface area (Å²) in [7, 11) is 0. The number of aromatic nitrogens is 2. The van der Waals surface area contributed by atoms with Crippen LogP contribution in [0.25, 0.3) is 0 Å². The summed E-state index contributed by atoms with van der Waals surface area (Å²) < 4.78 is 0.982. The van der Waals surface area contributed by atoms with E-state index in [1.54, 1.807) is 5.51 Å². The zero-order valence-corrected chi connectivity index (χ0v) is 16.8. The van der Waals surface area contributed by atoms with Gasteiger partial charge in [0.1, 0.15) is 5.51 Å². The lowest BCUT2D eigenvalue weighted by Gasteiger charge is -2.31. The molecule has 0 saturated heterocycles. The third-order valence-electron chi connectivity index (χ3n) is 5.08. The van der Waals surface area contributed by atoms with E-state index in [-0.39, 0.29) is 11.8 Å². The molecule has 1 heterocycles. The number of benzene rings is 2. The molecule has 0 aliphatic heterocycles. The Balaban J connectivity index is 1.81. The summed E-state index contributed by atoms with van der Waals surface area (Å²) in [6, 6.07) is 15.9. The summed E-state index contributed by atoms with van der Waals surface area (Å²) in [5, 5.41) is 20.4. The molecule has 0 bridgehead atoms. The van der Waals surface area contributed by atoms with E-state index in [9.17, 15) is 10.1 Å². The Kier molecular flexibility index (Phi) is 4.54. The van der Waals surface area contributed by atoms with Crippen LogP contribution in [0.15, 0.2) is 52.4 Å². The van der Waals surface area contributed by atoms with Gasteiger partial charge in [0.2, 0.25) is 11.0 Å². The fourth-order valence-corrected chi connectivity index (χ4v) is 4.52. The molecule has 1 N–H and O–H groups in total. The zero-order chi connectivity index (χ0) is 19.0. The minimum atomic E-state index is -0.699. The number of nitriles is 1. The summed E-state index contributed by atoms with van der Waals surface area (Å²) in [4.78, 5) is 13.3. The van der Waals surface area contributed by atoms with Crippen molar-refractivity contribution in [2.75, 3.05) is 5.32 Å². The second-order valence-electron chi connectivity index (χ2n) is 6.80. The first kappa shape index (κ1) is 17.8. The first-order valence-corrected chi connectivity index (χ1v) is 10.0. The third kappa shape index (κ3) is 3.15. The molecule has 0 fully saturated rings. The molecule has 5 nitrogen and oxygen atoms in total. The SMILES string of the molecule is C[C@]1(C(=O)Nc2nncs2)Cc2ccc(C#N)cc2[C@H]1c1ccc(Br)cc1. The van der Waals surface area contributed by atoms with Crippen LogP contribution in [-0.4, -0.2) is 16.1 Å². The Hall–Kier alpha value is -2.56. The van der Waals surface area contributed by atoms with Gasteiger partial charge in [0, 0.05) is 10.4 Å². The minimum Gasteiger partial charge on any atom is -0.300 e. The van der Waals surface area contributed by atoms with E-state index in [4.69, 9.17) is 0 Å². The van der Waals surface area contributed by atoms with Crippen LogP contribution in [0.3, 0.4) is 0 Å². The molecule has 0 unspecified atom stereocenters. The fraction of sp³-hybridized carbons (Fsp3) is 0.200. The first-order valence-electron chi connectivity index (χ1n) is 8.37. The van der Waals surface area contributed by atoms with Crippen molar-refractivity contribution >= 4 is 38.3 Å². The summed E-state index contributed by atoms with van der Waals surface area (Å²) in [5.41, 5.74) is 4.66. The van der Waals surface area contributed by atoms with Crippen LogP contribution in [0, 0.1) is 16.7 Å². The predicted molar refractivity (Wildman–Crippen MR) is 107 cm³/mol. The maximum Gasteiger partial charge on any atom is 0.233 e. The van der Waals surface area contributed by atoms with Crippen molar-refractivity contribution in [3.8, 4) is 6.07 Å². The molecular weight excluding hydrogens is 424 g/mol. The lowest BCUT2D eigenvalue weighted by atomic mass is 9.73. The van der Waals surface area contributed by atoms with Crippen molar-refractivity contribution in [1.82, 2.24) is 10.2 Å². The number of fused-ring (bicyclic) bond motifs is 1. The average Bonchev–Trinajstić information content (AvgIpc) is 3.27. The molecule has 3 aromatic rings. The minimum absolute atomic E-state index is 0.0955. The van der Waals surface area contributed by atoms with Crippen LogP contribution >= 0.6 is 27.3 Å². The molecule has 1 amide bonds. The first-order chi connectivity index (χ1) is 13.0. The van der Waals surface area contributed by atoms with E-state index in [0.29, 0.717) is 17.1 Å². The monoisotopic (exact) mass is 438 g/mol. The van der Waals surface area contributed by atoms with Crippen molar-refractivity contribution in [3.63, 3.8) is 0 Å². The summed E-state index contributed by atoms with van der Waals surface area (Å²) >= 11 is 4.76. The highest BCUT2D eigenvalue weighted by molar-refractivity contribution is 9.10. The van der Waals surface area contributed by atoms with Gasteiger partial charge in [0.15, 0.2) is 0 Å². The van der Waals surface area contributed by atoms with Gasteiger partial charge in [-0.05, 0) is 54.3 Å². The van der Waals surface area contributed by atoms with Gasteiger partial charge in [-0.3, -0.25) is 4.79 Å². The van der Waals surface area contributed by atoms with E-state index in [2.05, 4.69) is 37.5 Å². The number of carbonyl (C=O) groups excluding carboxylic acids is 1. The summed E-state index contributed by atoms with van der Waals surface area (Å²) in [5.74, 6) is -0.247. The van der Waals surface area contributed by atoms with Gasteiger partial charge in [-0.1, -0.05) is 45.5 Å². The number of nitrogens with zero attached hydrogens (tertiary/aromatic N) is 3. The number of anilines is 1. The average molecular weight is 439 g/mol. The van der Waals surface area contributed by atoms with Gasteiger partial charge in [-0.2, -0.15) is 5.26 Å². The topological polar surface area (TPSA) is 78.7 Å². The predicted octanol–water partition coefficient (Wildman–Crippen LogP) is 4.51. The fourth-order valence-electron chi connectivity index (χ4n) is 3.82. The molecular formula is C20H15BrN4OS. The van der Waals surface area contributed by atoms with Gasteiger partial charge in [-0.25, -0.2) is 0 Å². The lowest BCUT2D eigenvalue weighted by molar-refractivity contribution is -0.125. The molecule has 0 radical (unpaired) electrons. The molecule has 1 aromatic heterocycles. The molecule has 0 saturated carbocycles. The molecule has 27 heavy (non-hydrogen) atoms. The van der Waals surface area contributed by atoms with E-state index in [1.807, 2.05) is 49.4 Å². The van der Waals surface area contributed by atoms with E-state index >= 15 is 0 Å². The quantitative estimate of drug-likeness (QED) is 0.652. The van der Waals surface area contributed by atoms with Gasteiger partial charge < -0.3 is 5.32 Å². The van der Waals surface area contributed by atoms with Crippen LogP contribution in [0.5, 0.6) is 0 Å². The molecule has 4 rings (SSSR count). The van der Waals surface area contributed by atoms with Crippen molar-refractivity contribution in [2.45, 2.75) is 19.3 Å². The van der Waals surface area contributed by atoms with E-state index in [0.717, 1.165) is 21.2 Å². The van der Waals surface area contributed by atoms with Crippen LogP contribution < -0.4 is 5.32 Å². The molecule has 134 valence electrons. The summed E-state index contributed by atoms with van der Waals surface area (Å²) in [6.07, 6.45) is 0.597. The second kappa shape index (κ2) is 6.87. The Morgan fingerprint density at radius 1 is 1.33 bits per heavy atom. The number of rotatable bonds is 3. The smallest absolute Gasteiger partial charge is 0.233 e. The number of hydrogen-bond acceptors (Lipinski definition) is 5.